The van der Waals surface area contributed by atoms with Crippen LogP contribution in [0.2, 0.25) is 0 Å². The van der Waals surface area contributed by atoms with Crippen LogP contribution >= 0.6 is 0 Å². The smallest absolute Gasteiger partial charge is 0.243 e. The van der Waals surface area contributed by atoms with Crippen molar-refractivity contribution < 1.29 is 18.8 Å². The summed E-state index contributed by atoms with van der Waals surface area (Å²) in [5.41, 5.74) is 0.606. The maximum absolute atomic E-state index is 12.9. The molecule has 0 unspecified atom stereocenters. The molecule has 5 rings (SSSR count). The van der Waals surface area contributed by atoms with Crippen LogP contribution in [0.1, 0.15) is 44.9 Å². The quantitative estimate of drug-likeness (QED) is 0.719. The van der Waals surface area contributed by atoms with Gasteiger partial charge in [-0.1, -0.05) is 0 Å². The van der Waals surface area contributed by atoms with Gasteiger partial charge in [0, 0.05) is 19.2 Å². The number of nitrogens with one attached hydrogen (secondary N) is 2. The number of halogens is 1. The summed E-state index contributed by atoms with van der Waals surface area (Å²) in [6, 6.07) is 5.42. The molecule has 6 nitrogen and oxygen atoms in total. The van der Waals surface area contributed by atoms with Gasteiger partial charge in [0.05, 0.1) is 13.1 Å². The Morgan fingerprint density at radius 3 is 2.13 bits per heavy atom. The van der Waals surface area contributed by atoms with Crippen molar-refractivity contribution in [3.8, 4) is 0 Å². The Hall–Kier alpha value is -2.44. The van der Waals surface area contributed by atoms with Crippen LogP contribution in [0.3, 0.4) is 0 Å². The van der Waals surface area contributed by atoms with Crippen LogP contribution in [0.5, 0.6) is 0 Å². The van der Waals surface area contributed by atoms with E-state index in [2.05, 4.69) is 10.6 Å². The number of hydrogen-bond donors (Lipinski definition) is 2. The standard InChI is InChI=1S/C23H30FN3O3/c1-27(14-21(29)26-19-4-2-18(24)3-5-19)22(30)13-25-20(28)12-23-9-15-6-16(10-23)8-17(7-15)11-23/h2-5,15-17H,6-14H2,1H3,(H,25,28)(H,26,29). The number of hydrogen-bond acceptors (Lipinski definition) is 3. The average molecular weight is 416 g/mol. The minimum absolute atomic E-state index is 0.0607. The molecule has 1 aromatic rings. The van der Waals surface area contributed by atoms with Crippen LogP contribution in [0.25, 0.3) is 0 Å². The Morgan fingerprint density at radius 2 is 1.57 bits per heavy atom. The Labute approximate surface area is 176 Å². The molecule has 0 atom stereocenters. The molecule has 4 saturated carbocycles. The predicted molar refractivity (Wildman–Crippen MR) is 111 cm³/mol. The summed E-state index contributed by atoms with van der Waals surface area (Å²) in [7, 11) is 1.53. The van der Waals surface area contributed by atoms with Gasteiger partial charge in [-0.15, -0.1) is 0 Å². The molecule has 0 heterocycles. The number of rotatable bonds is 7. The zero-order chi connectivity index (χ0) is 21.3. The van der Waals surface area contributed by atoms with Crippen molar-refractivity contribution in [1.29, 1.82) is 0 Å². The van der Waals surface area contributed by atoms with Gasteiger partial charge in [0.15, 0.2) is 0 Å². The molecule has 7 heteroatoms. The van der Waals surface area contributed by atoms with Gasteiger partial charge in [0.1, 0.15) is 5.82 Å². The van der Waals surface area contributed by atoms with E-state index >= 15 is 0 Å². The third kappa shape index (κ3) is 4.82. The Bertz CT molecular complexity index is 788. The van der Waals surface area contributed by atoms with Crippen molar-refractivity contribution in [3.05, 3.63) is 30.1 Å². The second kappa shape index (κ2) is 8.36. The highest BCUT2D eigenvalue weighted by molar-refractivity contribution is 5.95. The van der Waals surface area contributed by atoms with Crippen LogP contribution in [-0.4, -0.2) is 42.8 Å². The van der Waals surface area contributed by atoms with Crippen LogP contribution in [0.4, 0.5) is 10.1 Å². The van der Waals surface area contributed by atoms with E-state index in [0.717, 1.165) is 37.0 Å². The van der Waals surface area contributed by atoms with Gasteiger partial charge in [-0.2, -0.15) is 0 Å². The first-order valence-corrected chi connectivity index (χ1v) is 10.9. The number of carbonyl (C=O) groups excluding carboxylic acids is 3. The molecule has 4 bridgehead atoms. The lowest BCUT2D eigenvalue weighted by Gasteiger charge is -2.56. The van der Waals surface area contributed by atoms with Crippen molar-refractivity contribution in [2.24, 2.45) is 23.2 Å². The van der Waals surface area contributed by atoms with E-state index in [1.807, 2.05) is 0 Å². The van der Waals surface area contributed by atoms with Gasteiger partial charge in [-0.25, -0.2) is 4.39 Å². The van der Waals surface area contributed by atoms with Crippen LogP contribution in [0, 0.1) is 29.0 Å². The van der Waals surface area contributed by atoms with Crippen molar-refractivity contribution >= 4 is 23.4 Å². The van der Waals surface area contributed by atoms with E-state index in [0.29, 0.717) is 12.1 Å². The van der Waals surface area contributed by atoms with E-state index in [1.54, 1.807) is 0 Å². The fourth-order valence-electron chi connectivity index (χ4n) is 6.26. The summed E-state index contributed by atoms with van der Waals surface area (Å²) in [5, 5.41) is 5.38. The van der Waals surface area contributed by atoms with Crippen LogP contribution < -0.4 is 10.6 Å². The molecule has 1 aromatic carbocycles. The molecule has 2 N–H and O–H groups in total. The highest BCUT2D eigenvalue weighted by Crippen LogP contribution is 2.61. The minimum atomic E-state index is -0.385. The fourth-order valence-corrected chi connectivity index (χ4v) is 6.26. The van der Waals surface area contributed by atoms with Gasteiger partial charge < -0.3 is 15.5 Å². The maximum Gasteiger partial charge on any atom is 0.243 e. The van der Waals surface area contributed by atoms with Gasteiger partial charge in [-0.3, -0.25) is 14.4 Å². The Morgan fingerprint density at radius 1 is 1.00 bits per heavy atom. The highest BCUT2D eigenvalue weighted by Gasteiger charge is 2.51. The number of nitrogens with zero attached hydrogens (tertiary/aromatic N) is 1. The van der Waals surface area contributed by atoms with Gasteiger partial charge in [0.25, 0.3) is 0 Å². The van der Waals surface area contributed by atoms with E-state index in [9.17, 15) is 18.8 Å². The summed E-state index contributed by atoms with van der Waals surface area (Å²) in [5.74, 6) is 1.23. The second-order valence-corrected chi connectivity index (χ2v) is 9.68. The van der Waals surface area contributed by atoms with Crippen LogP contribution in [0.15, 0.2) is 24.3 Å². The summed E-state index contributed by atoms with van der Waals surface area (Å²) >= 11 is 0. The largest absolute Gasteiger partial charge is 0.347 e. The van der Waals surface area contributed by atoms with Crippen molar-refractivity contribution in [2.75, 3.05) is 25.5 Å². The fraction of sp³-hybridized carbons (Fsp3) is 0.609. The number of carbonyl (C=O) groups is 3. The van der Waals surface area contributed by atoms with Crippen molar-refractivity contribution in [3.63, 3.8) is 0 Å². The first kappa shape index (κ1) is 20.8. The summed E-state index contributed by atoms with van der Waals surface area (Å²) in [6.07, 6.45) is 7.99. The molecule has 162 valence electrons. The molecule has 4 aliphatic rings. The molecule has 0 aliphatic heterocycles. The van der Waals surface area contributed by atoms with E-state index in [1.165, 1.54) is 55.5 Å². The van der Waals surface area contributed by atoms with Crippen LogP contribution in [-0.2, 0) is 14.4 Å². The lowest BCUT2D eigenvalue weighted by molar-refractivity contribution is -0.136. The van der Waals surface area contributed by atoms with Crippen molar-refractivity contribution in [2.45, 2.75) is 44.9 Å². The summed E-state index contributed by atoms with van der Waals surface area (Å²) < 4.78 is 12.9. The highest BCUT2D eigenvalue weighted by atomic mass is 19.1. The minimum Gasteiger partial charge on any atom is -0.347 e. The van der Waals surface area contributed by atoms with E-state index in [-0.39, 0.29) is 42.0 Å². The molecule has 0 spiro atoms. The molecule has 4 aliphatic carbocycles. The third-order valence-corrected chi connectivity index (χ3v) is 7.07. The zero-order valence-corrected chi connectivity index (χ0v) is 17.5. The molecule has 0 aromatic heterocycles. The predicted octanol–water partition coefficient (Wildman–Crippen LogP) is 2.95. The lowest BCUT2D eigenvalue weighted by atomic mass is 9.49. The summed E-state index contributed by atoms with van der Waals surface area (Å²) in [6.45, 7) is -0.243. The molecule has 0 saturated heterocycles. The monoisotopic (exact) mass is 415 g/mol. The first-order valence-electron chi connectivity index (χ1n) is 10.9. The van der Waals surface area contributed by atoms with Gasteiger partial charge in [0.2, 0.25) is 17.7 Å². The number of anilines is 1. The second-order valence-electron chi connectivity index (χ2n) is 9.68. The molecule has 3 amide bonds. The van der Waals surface area contributed by atoms with Crippen molar-refractivity contribution in [1.82, 2.24) is 10.2 Å². The molecule has 4 fully saturated rings. The SMILES string of the molecule is CN(CC(=O)Nc1ccc(F)cc1)C(=O)CNC(=O)CC12CC3CC(CC(C3)C1)C2. The zero-order valence-electron chi connectivity index (χ0n) is 17.5. The molecule has 0 radical (unpaired) electrons. The Balaban J connectivity index is 1.20. The Kier molecular flexibility index (Phi) is 5.80. The number of likely N-dealkylation sites (N-methyl/N-ethyl adjacent to an activating group) is 1. The average Bonchev–Trinajstić information content (AvgIpc) is 2.66. The lowest BCUT2D eigenvalue weighted by Crippen LogP contribution is -2.48. The third-order valence-electron chi connectivity index (χ3n) is 7.07. The number of benzene rings is 1. The molecular formula is C23H30FN3O3. The topological polar surface area (TPSA) is 78.5 Å². The van der Waals surface area contributed by atoms with E-state index in [4.69, 9.17) is 0 Å². The first-order chi connectivity index (χ1) is 14.3. The summed E-state index contributed by atoms with van der Waals surface area (Å²) in [4.78, 5) is 38.2. The van der Waals surface area contributed by atoms with E-state index < -0.39 is 0 Å². The maximum atomic E-state index is 12.9. The molecular weight excluding hydrogens is 385 g/mol. The molecule has 30 heavy (non-hydrogen) atoms. The normalized spacial score (nSPS) is 28.8. The van der Waals surface area contributed by atoms with Gasteiger partial charge in [-0.05, 0) is 86.0 Å². The van der Waals surface area contributed by atoms with Gasteiger partial charge >= 0.3 is 0 Å². The number of amides is 3.